The molecule has 8 nitrogen and oxygen atoms in total. The zero-order valence-corrected chi connectivity index (χ0v) is 19.2. The van der Waals surface area contributed by atoms with Crippen LogP contribution in [0.15, 0.2) is 24.3 Å². The molecule has 1 amide bonds. The standard InChI is InChI=1S/C24H30N2O6/c1-14-20(15(2)25-21(14)24(29)31-5)22(27)16(3)26(13-19-7-6-12-32-19)23(28)17-8-10-18(30-4)11-9-17/h8-11,16,19,25H,6-7,12-13H2,1-5H3/t16-,19-/m0/s1. The Balaban J connectivity index is 1.93. The molecular weight excluding hydrogens is 412 g/mol. The Hall–Kier alpha value is -3.13. The van der Waals surface area contributed by atoms with Crippen LogP contribution in [0.25, 0.3) is 0 Å². The zero-order chi connectivity index (χ0) is 23.4. The summed E-state index contributed by atoms with van der Waals surface area (Å²) in [6.45, 7) is 6.10. The SMILES string of the molecule is COC(=O)c1[nH]c(C)c(C(=O)[C@H](C)N(C[C@@H]2CCCO2)C(=O)c2ccc(OC)cc2)c1C. The quantitative estimate of drug-likeness (QED) is 0.498. The summed E-state index contributed by atoms with van der Waals surface area (Å²) >= 11 is 0. The number of methoxy groups -OCH3 is 2. The molecule has 2 aromatic rings. The molecule has 2 heterocycles. The second-order valence-electron chi connectivity index (χ2n) is 7.98. The smallest absolute Gasteiger partial charge is 0.354 e. The van der Waals surface area contributed by atoms with Crippen molar-refractivity contribution in [2.45, 2.75) is 45.8 Å². The molecule has 0 saturated carbocycles. The van der Waals surface area contributed by atoms with E-state index in [1.54, 1.807) is 57.0 Å². The van der Waals surface area contributed by atoms with Crippen LogP contribution in [0.4, 0.5) is 0 Å². The zero-order valence-electron chi connectivity index (χ0n) is 19.2. The third-order valence-corrected chi connectivity index (χ3v) is 5.94. The number of carbonyl (C=O) groups excluding carboxylic acids is 3. The molecule has 1 aromatic heterocycles. The van der Waals surface area contributed by atoms with Crippen LogP contribution in [-0.4, -0.2) is 67.1 Å². The third-order valence-electron chi connectivity index (χ3n) is 5.94. The fourth-order valence-corrected chi connectivity index (χ4v) is 4.10. The van der Waals surface area contributed by atoms with Crippen molar-refractivity contribution in [3.05, 3.63) is 52.3 Å². The highest BCUT2D eigenvalue weighted by molar-refractivity contribution is 6.07. The van der Waals surface area contributed by atoms with Gasteiger partial charge in [0.1, 0.15) is 11.4 Å². The number of amides is 1. The van der Waals surface area contributed by atoms with Gasteiger partial charge in [0.25, 0.3) is 5.91 Å². The van der Waals surface area contributed by atoms with Gasteiger partial charge in [-0.15, -0.1) is 0 Å². The highest BCUT2D eigenvalue weighted by atomic mass is 16.5. The van der Waals surface area contributed by atoms with Crippen molar-refractivity contribution in [2.24, 2.45) is 0 Å². The molecule has 0 unspecified atom stereocenters. The monoisotopic (exact) mass is 442 g/mol. The minimum absolute atomic E-state index is 0.119. The molecule has 1 saturated heterocycles. The number of aryl methyl sites for hydroxylation is 1. The van der Waals surface area contributed by atoms with Crippen molar-refractivity contribution >= 4 is 17.7 Å². The number of Topliss-reactive ketones (excluding diaryl/α,β-unsaturated/α-hetero) is 1. The molecule has 172 valence electrons. The molecule has 3 rings (SSSR count). The number of aromatic amines is 1. The van der Waals surface area contributed by atoms with E-state index in [2.05, 4.69) is 4.98 Å². The lowest BCUT2D eigenvalue weighted by Crippen LogP contribution is -2.47. The lowest BCUT2D eigenvalue weighted by atomic mass is 9.98. The van der Waals surface area contributed by atoms with Crippen molar-refractivity contribution in [2.75, 3.05) is 27.4 Å². The number of hydrogen-bond donors (Lipinski definition) is 1. The average molecular weight is 443 g/mol. The highest BCUT2D eigenvalue weighted by Gasteiger charge is 2.33. The largest absolute Gasteiger partial charge is 0.497 e. The Morgan fingerprint density at radius 1 is 1.19 bits per heavy atom. The molecule has 0 radical (unpaired) electrons. The molecule has 2 atom stereocenters. The first-order chi connectivity index (χ1) is 15.3. The molecule has 1 aliphatic rings. The molecule has 1 aliphatic heterocycles. The van der Waals surface area contributed by atoms with Gasteiger partial charge in [-0.05, 0) is 63.4 Å². The van der Waals surface area contributed by atoms with E-state index < -0.39 is 12.0 Å². The minimum atomic E-state index is -0.757. The maximum atomic E-state index is 13.5. The summed E-state index contributed by atoms with van der Waals surface area (Å²) in [5.74, 6) is -0.401. The number of nitrogens with zero attached hydrogens (tertiary/aromatic N) is 1. The van der Waals surface area contributed by atoms with Crippen LogP contribution < -0.4 is 4.74 Å². The van der Waals surface area contributed by atoms with Crippen LogP contribution in [-0.2, 0) is 9.47 Å². The Kier molecular flexibility index (Phi) is 7.35. The number of rotatable bonds is 8. The average Bonchev–Trinajstić information content (AvgIpc) is 3.42. The Labute approximate surface area is 187 Å². The van der Waals surface area contributed by atoms with Crippen LogP contribution in [0, 0.1) is 13.8 Å². The number of benzene rings is 1. The first kappa shape index (κ1) is 23.5. The molecule has 0 aliphatic carbocycles. The number of nitrogens with one attached hydrogen (secondary N) is 1. The number of H-pyrrole nitrogens is 1. The van der Waals surface area contributed by atoms with Gasteiger partial charge in [0.2, 0.25) is 0 Å². The van der Waals surface area contributed by atoms with Gasteiger partial charge in [-0.1, -0.05) is 0 Å². The van der Waals surface area contributed by atoms with Crippen LogP contribution in [0.2, 0.25) is 0 Å². The summed E-state index contributed by atoms with van der Waals surface area (Å²) in [4.78, 5) is 43.5. The van der Waals surface area contributed by atoms with Gasteiger partial charge in [-0.25, -0.2) is 4.79 Å². The molecule has 0 spiro atoms. The van der Waals surface area contributed by atoms with Crippen LogP contribution in [0.1, 0.15) is 62.2 Å². The summed E-state index contributed by atoms with van der Waals surface area (Å²) in [6, 6.07) is 6.04. The van der Waals surface area contributed by atoms with Gasteiger partial charge < -0.3 is 24.1 Å². The first-order valence-electron chi connectivity index (χ1n) is 10.7. The van der Waals surface area contributed by atoms with Gasteiger partial charge in [-0.3, -0.25) is 9.59 Å². The van der Waals surface area contributed by atoms with E-state index in [1.165, 1.54) is 7.11 Å². The fraction of sp³-hybridized carbons (Fsp3) is 0.458. The summed E-state index contributed by atoms with van der Waals surface area (Å²) in [5, 5.41) is 0. The lowest BCUT2D eigenvalue weighted by molar-refractivity contribution is 0.0410. The van der Waals surface area contributed by atoms with Gasteiger partial charge >= 0.3 is 5.97 Å². The second kappa shape index (κ2) is 9.99. The molecule has 1 aromatic carbocycles. The number of ketones is 1. The van der Waals surface area contributed by atoms with E-state index in [0.29, 0.717) is 41.3 Å². The van der Waals surface area contributed by atoms with Crippen LogP contribution in [0.3, 0.4) is 0 Å². The fourth-order valence-electron chi connectivity index (χ4n) is 4.10. The van der Waals surface area contributed by atoms with Gasteiger partial charge in [0.05, 0.1) is 26.4 Å². The van der Waals surface area contributed by atoms with Crippen molar-refractivity contribution in [1.29, 1.82) is 0 Å². The van der Waals surface area contributed by atoms with Crippen molar-refractivity contribution in [1.82, 2.24) is 9.88 Å². The van der Waals surface area contributed by atoms with Crippen molar-refractivity contribution < 1.29 is 28.6 Å². The Morgan fingerprint density at radius 3 is 2.44 bits per heavy atom. The number of esters is 1. The summed E-state index contributed by atoms with van der Waals surface area (Å²) in [6.07, 6.45) is 1.64. The van der Waals surface area contributed by atoms with Gasteiger partial charge in [0.15, 0.2) is 5.78 Å². The van der Waals surface area contributed by atoms with Gasteiger partial charge in [0, 0.05) is 30.0 Å². The number of carbonyl (C=O) groups is 3. The maximum absolute atomic E-state index is 13.5. The molecule has 1 N–H and O–H groups in total. The minimum Gasteiger partial charge on any atom is -0.497 e. The van der Waals surface area contributed by atoms with E-state index >= 15 is 0 Å². The summed E-state index contributed by atoms with van der Waals surface area (Å²) in [7, 11) is 2.85. The normalized spacial score (nSPS) is 16.5. The summed E-state index contributed by atoms with van der Waals surface area (Å²) < 4.78 is 15.7. The van der Waals surface area contributed by atoms with Crippen LogP contribution in [0.5, 0.6) is 5.75 Å². The Morgan fingerprint density at radius 2 is 1.88 bits per heavy atom. The topological polar surface area (TPSA) is 97.9 Å². The van der Waals surface area contributed by atoms with E-state index in [4.69, 9.17) is 14.2 Å². The van der Waals surface area contributed by atoms with E-state index in [0.717, 1.165) is 12.8 Å². The number of hydrogen-bond acceptors (Lipinski definition) is 6. The van der Waals surface area contributed by atoms with Gasteiger partial charge in [-0.2, -0.15) is 0 Å². The molecule has 32 heavy (non-hydrogen) atoms. The number of ether oxygens (including phenoxy) is 3. The highest BCUT2D eigenvalue weighted by Crippen LogP contribution is 2.24. The number of aromatic nitrogens is 1. The van der Waals surface area contributed by atoms with Crippen LogP contribution >= 0.6 is 0 Å². The molecule has 1 fully saturated rings. The predicted molar refractivity (Wildman–Crippen MR) is 118 cm³/mol. The molecule has 0 bridgehead atoms. The maximum Gasteiger partial charge on any atom is 0.354 e. The van der Waals surface area contributed by atoms with Crippen molar-refractivity contribution in [3.8, 4) is 5.75 Å². The van der Waals surface area contributed by atoms with E-state index in [9.17, 15) is 14.4 Å². The molecule has 8 heteroatoms. The van der Waals surface area contributed by atoms with Crippen molar-refractivity contribution in [3.63, 3.8) is 0 Å². The predicted octanol–water partition coefficient (Wildman–Crippen LogP) is 3.32. The third kappa shape index (κ3) is 4.70. The molecular formula is C24H30N2O6. The van der Waals surface area contributed by atoms with E-state index in [-0.39, 0.29) is 23.5 Å². The summed E-state index contributed by atoms with van der Waals surface area (Å²) in [5.41, 5.74) is 2.18. The van der Waals surface area contributed by atoms with E-state index in [1.807, 2.05) is 0 Å². The Bertz CT molecular complexity index is 989. The lowest BCUT2D eigenvalue weighted by Gasteiger charge is -2.31. The first-order valence-corrected chi connectivity index (χ1v) is 10.7. The second-order valence-corrected chi connectivity index (χ2v) is 7.98.